The van der Waals surface area contributed by atoms with E-state index >= 15 is 0 Å². The van der Waals surface area contributed by atoms with Crippen LogP contribution < -0.4 is 24.8 Å². The number of rotatable bonds is 8. The molecule has 7 nitrogen and oxygen atoms in total. The summed E-state index contributed by atoms with van der Waals surface area (Å²) in [7, 11) is 3.23. The van der Waals surface area contributed by atoms with Crippen LogP contribution in [0, 0.1) is 0 Å². The Balaban J connectivity index is 1.74. The Morgan fingerprint density at radius 1 is 0.889 bits per heavy atom. The fourth-order valence-corrected chi connectivity index (χ4v) is 2.46. The molecule has 0 aliphatic rings. The average molecular weight is 366 g/mol. The predicted molar refractivity (Wildman–Crippen MR) is 106 cm³/mol. The molecule has 0 unspecified atom stereocenters. The molecule has 140 valence electrons. The highest BCUT2D eigenvalue weighted by atomic mass is 16.5. The number of nitrogens with zero attached hydrogens (tertiary/aromatic N) is 2. The quantitative estimate of drug-likeness (QED) is 0.612. The van der Waals surface area contributed by atoms with Crippen molar-refractivity contribution in [3.63, 3.8) is 0 Å². The monoisotopic (exact) mass is 366 g/mol. The molecule has 3 aromatic rings. The van der Waals surface area contributed by atoms with Gasteiger partial charge in [-0.25, -0.2) is 4.98 Å². The van der Waals surface area contributed by atoms with Gasteiger partial charge in [-0.3, -0.25) is 0 Å². The van der Waals surface area contributed by atoms with Crippen LogP contribution in [0.25, 0.3) is 0 Å². The Morgan fingerprint density at radius 3 is 2.37 bits per heavy atom. The first-order chi connectivity index (χ1) is 13.2. The van der Waals surface area contributed by atoms with Crippen LogP contribution in [-0.4, -0.2) is 30.8 Å². The molecule has 2 aromatic carbocycles. The van der Waals surface area contributed by atoms with E-state index < -0.39 is 0 Å². The van der Waals surface area contributed by atoms with Crippen LogP contribution in [0.1, 0.15) is 6.92 Å². The number of aromatic nitrogens is 2. The molecule has 0 amide bonds. The van der Waals surface area contributed by atoms with Crippen molar-refractivity contribution in [3.8, 4) is 17.2 Å². The van der Waals surface area contributed by atoms with Gasteiger partial charge in [-0.05, 0) is 49.4 Å². The second kappa shape index (κ2) is 8.75. The fourth-order valence-electron chi connectivity index (χ4n) is 2.46. The highest BCUT2D eigenvalue weighted by Gasteiger charge is 2.07. The molecular formula is C20H22N4O3. The number of hydrogen-bond acceptors (Lipinski definition) is 7. The molecule has 0 atom stereocenters. The van der Waals surface area contributed by atoms with Crippen molar-refractivity contribution >= 4 is 23.1 Å². The van der Waals surface area contributed by atoms with Crippen LogP contribution in [0.3, 0.4) is 0 Å². The summed E-state index contributed by atoms with van der Waals surface area (Å²) in [4.78, 5) is 8.75. The van der Waals surface area contributed by atoms with Crippen LogP contribution in [0.4, 0.5) is 23.1 Å². The summed E-state index contributed by atoms with van der Waals surface area (Å²) >= 11 is 0. The van der Waals surface area contributed by atoms with Crippen molar-refractivity contribution < 1.29 is 14.2 Å². The van der Waals surface area contributed by atoms with Gasteiger partial charge in [-0.15, -0.1) is 0 Å². The summed E-state index contributed by atoms with van der Waals surface area (Å²) in [6, 6.07) is 15.0. The molecule has 0 aliphatic carbocycles. The molecule has 0 radical (unpaired) electrons. The van der Waals surface area contributed by atoms with Crippen molar-refractivity contribution in [2.75, 3.05) is 31.5 Å². The van der Waals surface area contributed by atoms with Crippen LogP contribution in [0.15, 0.2) is 54.7 Å². The first-order valence-corrected chi connectivity index (χ1v) is 8.54. The third kappa shape index (κ3) is 4.78. The maximum atomic E-state index is 5.45. The summed E-state index contributed by atoms with van der Waals surface area (Å²) in [6.45, 7) is 2.59. The van der Waals surface area contributed by atoms with E-state index in [0.717, 1.165) is 22.9 Å². The van der Waals surface area contributed by atoms with Crippen molar-refractivity contribution in [1.29, 1.82) is 0 Å². The van der Waals surface area contributed by atoms with Crippen LogP contribution in [0.5, 0.6) is 17.2 Å². The van der Waals surface area contributed by atoms with Crippen LogP contribution in [0.2, 0.25) is 0 Å². The van der Waals surface area contributed by atoms with E-state index in [2.05, 4.69) is 20.6 Å². The molecule has 0 aliphatic heterocycles. The van der Waals surface area contributed by atoms with E-state index in [9.17, 15) is 0 Å². The SMILES string of the molecule is CCOc1ccc(Nc2nccc(Nc3ccc(OC)cc3OC)n2)cc1. The zero-order valence-corrected chi connectivity index (χ0v) is 15.5. The average Bonchev–Trinajstić information content (AvgIpc) is 2.70. The second-order valence-electron chi connectivity index (χ2n) is 5.54. The molecule has 0 fully saturated rings. The van der Waals surface area contributed by atoms with Crippen molar-refractivity contribution in [3.05, 3.63) is 54.7 Å². The minimum atomic E-state index is 0.483. The van der Waals surface area contributed by atoms with E-state index in [4.69, 9.17) is 14.2 Å². The van der Waals surface area contributed by atoms with Gasteiger partial charge in [0.1, 0.15) is 23.1 Å². The number of anilines is 4. The first-order valence-electron chi connectivity index (χ1n) is 8.54. The lowest BCUT2D eigenvalue weighted by molar-refractivity contribution is 0.340. The normalized spacial score (nSPS) is 10.2. The molecule has 0 bridgehead atoms. The Bertz CT molecular complexity index is 885. The zero-order chi connectivity index (χ0) is 19.1. The fraction of sp³-hybridized carbons (Fsp3) is 0.200. The lowest BCUT2D eigenvalue weighted by Gasteiger charge is -2.13. The van der Waals surface area contributed by atoms with E-state index in [1.807, 2.05) is 49.4 Å². The summed E-state index contributed by atoms with van der Waals surface area (Å²) in [5.74, 6) is 3.33. The maximum Gasteiger partial charge on any atom is 0.229 e. The van der Waals surface area contributed by atoms with Gasteiger partial charge in [-0.1, -0.05) is 0 Å². The number of methoxy groups -OCH3 is 2. The Hall–Kier alpha value is -3.48. The summed E-state index contributed by atoms with van der Waals surface area (Å²) in [5.41, 5.74) is 1.65. The van der Waals surface area contributed by atoms with E-state index in [0.29, 0.717) is 24.1 Å². The summed E-state index contributed by atoms with van der Waals surface area (Å²) in [6.07, 6.45) is 1.68. The van der Waals surface area contributed by atoms with Gasteiger partial charge >= 0.3 is 0 Å². The molecule has 3 rings (SSSR count). The van der Waals surface area contributed by atoms with Gasteiger partial charge in [-0.2, -0.15) is 4.98 Å². The highest BCUT2D eigenvalue weighted by Crippen LogP contribution is 2.31. The minimum absolute atomic E-state index is 0.483. The Labute approximate surface area is 158 Å². The maximum absolute atomic E-state index is 5.45. The van der Waals surface area contributed by atoms with Gasteiger partial charge in [0.05, 0.1) is 26.5 Å². The van der Waals surface area contributed by atoms with Gasteiger partial charge in [0.2, 0.25) is 5.95 Å². The largest absolute Gasteiger partial charge is 0.497 e. The topological polar surface area (TPSA) is 77.5 Å². The van der Waals surface area contributed by atoms with Crippen molar-refractivity contribution in [1.82, 2.24) is 9.97 Å². The molecular weight excluding hydrogens is 344 g/mol. The molecule has 0 saturated carbocycles. The molecule has 27 heavy (non-hydrogen) atoms. The van der Waals surface area contributed by atoms with Gasteiger partial charge in [0, 0.05) is 18.0 Å². The molecule has 7 heteroatoms. The molecule has 1 aromatic heterocycles. The van der Waals surface area contributed by atoms with E-state index in [1.165, 1.54) is 0 Å². The highest BCUT2D eigenvalue weighted by molar-refractivity contribution is 5.66. The Kier molecular flexibility index (Phi) is 5.94. The van der Waals surface area contributed by atoms with Crippen molar-refractivity contribution in [2.45, 2.75) is 6.92 Å². The number of benzene rings is 2. The minimum Gasteiger partial charge on any atom is -0.497 e. The second-order valence-corrected chi connectivity index (χ2v) is 5.54. The first kappa shape index (κ1) is 18.3. The smallest absolute Gasteiger partial charge is 0.229 e. The number of nitrogens with one attached hydrogen (secondary N) is 2. The molecule has 0 spiro atoms. The zero-order valence-electron chi connectivity index (χ0n) is 15.5. The molecule has 0 saturated heterocycles. The third-order valence-corrected chi connectivity index (χ3v) is 3.75. The van der Waals surface area contributed by atoms with Crippen LogP contribution >= 0.6 is 0 Å². The summed E-state index contributed by atoms with van der Waals surface area (Å²) < 4.78 is 16.1. The number of ether oxygens (including phenoxy) is 3. The lowest BCUT2D eigenvalue weighted by atomic mass is 10.2. The third-order valence-electron chi connectivity index (χ3n) is 3.75. The standard InChI is InChI=1S/C20H22N4O3/c1-4-27-15-7-5-14(6-8-15)22-20-21-12-11-19(24-20)23-17-10-9-16(25-2)13-18(17)26-3/h5-13H,4H2,1-3H3,(H2,21,22,23,24). The predicted octanol–water partition coefficient (Wildman–Crippen LogP) is 4.38. The van der Waals surface area contributed by atoms with Gasteiger partial charge in [0.25, 0.3) is 0 Å². The summed E-state index contributed by atoms with van der Waals surface area (Å²) in [5, 5.41) is 6.41. The van der Waals surface area contributed by atoms with E-state index in [-0.39, 0.29) is 0 Å². The molecule has 1 heterocycles. The van der Waals surface area contributed by atoms with Gasteiger partial charge < -0.3 is 24.8 Å². The Morgan fingerprint density at radius 2 is 1.67 bits per heavy atom. The molecule has 2 N–H and O–H groups in total. The van der Waals surface area contributed by atoms with Gasteiger partial charge in [0.15, 0.2) is 0 Å². The van der Waals surface area contributed by atoms with Crippen LogP contribution in [-0.2, 0) is 0 Å². The lowest BCUT2D eigenvalue weighted by Crippen LogP contribution is -2.01. The van der Waals surface area contributed by atoms with E-state index in [1.54, 1.807) is 26.5 Å². The van der Waals surface area contributed by atoms with Crippen molar-refractivity contribution in [2.24, 2.45) is 0 Å². The number of hydrogen-bond donors (Lipinski definition) is 2.